The molecule has 0 aliphatic heterocycles. The van der Waals surface area contributed by atoms with Crippen LogP contribution in [0.3, 0.4) is 0 Å². The molecule has 0 aromatic heterocycles. The van der Waals surface area contributed by atoms with Crippen LogP contribution in [0.4, 0.5) is 30.7 Å². The molecule has 0 atom stereocenters. The molecule has 94 valence electrons. The van der Waals surface area contributed by atoms with Gasteiger partial charge in [-0.3, -0.25) is 0 Å². The highest BCUT2D eigenvalue weighted by atomic mass is 19.4. The minimum Gasteiger partial charge on any atom is -0.208 e. The summed E-state index contributed by atoms with van der Waals surface area (Å²) in [4.78, 5) is 0. The zero-order valence-corrected chi connectivity index (χ0v) is 8.65. The first-order chi connectivity index (χ1) is 6.89. The van der Waals surface area contributed by atoms with Crippen LogP contribution in [0.5, 0.6) is 0 Å². The van der Waals surface area contributed by atoms with E-state index < -0.39 is 34.9 Å². The molecule has 0 aromatic rings. The van der Waals surface area contributed by atoms with Crippen molar-refractivity contribution in [1.82, 2.24) is 0 Å². The maximum atomic E-state index is 13.0. The molecule has 0 saturated heterocycles. The van der Waals surface area contributed by atoms with E-state index >= 15 is 0 Å². The summed E-state index contributed by atoms with van der Waals surface area (Å²) in [6.07, 6.45) is -5.68. The number of alkyl halides is 3. The monoisotopic (exact) mass is 250 g/mol. The molecule has 0 bridgehead atoms. The molecular weight excluding hydrogens is 241 g/mol. The van der Waals surface area contributed by atoms with E-state index in [1.807, 2.05) is 0 Å². The molecule has 0 unspecified atom stereocenters. The molecule has 7 heteroatoms. The Labute approximate surface area is 87.4 Å². The highest BCUT2D eigenvalue weighted by molar-refractivity contribution is 5.28. The second-order valence-electron chi connectivity index (χ2n) is 4.00. The molecule has 0 fully saturated rings. The molecule has 0 rings (SSSR count). The van der Waals surface area contributed by atoms with Gasteiger partial charge < -0.3 is 0 Å². The number of rotatable bonds is 1. The Morgan fingerprint density at radius 1 is 0.688 bits per heavy atom. The summed E-state index contributed by atoms with van der Waals surface area (Å²) in [5.41, 5.74) is -1.55. The highest BCUT2D eigenvalue weighted by Crippen LogP contribution is 2.38. The fourth-order valence-electron chi connectivity index (χ4n) is 0.646. The average molecular weight is 250 g/mol. The van der Waals surface area contributed by atoms with Crippen LogP contribution >= 0.6 is 0 Å². The lowest BCUT2D eigenvalue weighted by molar-refractivity contribution is -0.111. The van der Waals surface area contributed by atoms with Gasteiger partial charge in [0.05, 0.1) is 0 Å². The van der Waals surface area contributed by atoms with E-state index in [9.17, 15) is 30.7 Å². The van der Waals surface area contributed by atoms with E-state index in [1.165, 1.54) is 0 Å². The van der Waals surface area contributed by atoms with Crippen LogP contribution in [0.25, 0.3) is 0 Å². The molecule has 0 spiro atoms. The molecular formula is C9H9F7. The van der Waals surface area contributed by atoms with Crippen molar-refractivity contribution in [3.8, 4) is 0 Å². The normalized spacial score (nSPS) is 16.9. The molecule has 0 nitrogen and oxygen atoms in total. The van der Waals surface area contributed by atoms with E-state index in [0.29, 0.717) is 0 Å². The van der Waals surface area contributed by atoms with Crippen LogP contribution < -0.4 is 0 Å². The molecule has 0 saturated carbocycles. The van der Waals surface area contributed by atoms with E-state index in [4.69, 9.17) is 0 Å². The molecule has 0 amide bonds. The molecule has 0 radical (unpaired) electrons. The predicted molar refractivity (Wildman–Crippen MR) is 44.0 cm³/mol. The number of halogens is 7. The van der Waals surface area contributed by atoms with Crippen LogP contribution in [0, 0.1) is 5.41 Å². The summed E-state index contributed by atoms with van der Waals surface area (Å²) in [7, 11) is 0. The van der Waals surface area contributed by atoms with Crippen molar-refractivity contribution in [1.29, 1.82) is 0 Å². The zero-order chi connectivity index (χ0) is 13.3. The Morgan fingerprint density at radius 2 is 1.00 bits per heavy atom. The summed E-state index contributed by atoms with van der Waals surface area (Å²) in [6, 6.07) is 0. The maximum Gasteiger partial charge on any atom is 0.446 e. The van der Waals surface area contributed by atoms with Crippen molar-refractivity contribution in [2.75, 3.05) is 0 Å². The Kier molecular flexibility index (Phi) is 4.18. The summed E-state index contributed by atoms with van der Waals surface area (Å²) in [5, 5.41) is 0. The lowest BCUT2D eigenvalue weighted by Gasteiger charge is -2.16. The Bertz CT molecular complexity index is 293. The molecule has 0 aromatic carbocycles. The van der Waals surface area contributed by atoms with Crippen molar-refractivity contribution in [3.05, 3.63) is 23.3 Å². The fourth-order valence-corrected chi connectivity index (χ4v) is 0.646. The molecule has 16 heavy (non-hydrogen) atoms. The maximum absolute atomic E-state index is 13.0. The second kappa shape index (κ2) is 4.47. The summed E-state index contributed by atoms with van der Waals surface area (Å²) < 4.78 is 85.5. The van der Waals surface area contributed by atoms with Gasteiger partial charge in [-0.2, -0.15) is 17.6 Å². The van der Waals surface area contributed by atoms with E-state index in [0.717, 1.165) is 20.8 Å². The van der Waals surface area contributed by atoms with Gasteiger partial charge in [0.15, 0.2) is 5.83 Å². The molecule has 0 heterocycles. The first kappa shape index (κ1) is 15.0. The van der Waals surface area contributed by atoms with Crippen LogP contribution in [-0.4, -0.2) is 6.18 Å². The van der Waals surface area contributed by atoms with Gasteiger partial charge in [0.2, 0.25) is 11.7 Å². The number of hydrogen-bond acceptors (Lipinski definition) is 0. The van der Waals surface area contributed by atoms with Gasteiger partial charge in [0.25, 0.3) is 0 Å². The molecule has 0 aliphatic rings. The quantitative estimate of drug-likeness (QED) is 0.458. The van der Waals surface area contributed by atoms with Gasteiger partial charge in [-0.05, 0) is 0 Å². The Hall–Kier alpha value is -1.01. The lowest BCUT2D eigenvalue weighted by atomic mass is 9.94. The van der Waals surface area contributed by atoms with Crippen molar-refractivity contribution < 1.29 is 30.7 Å². The minimum atomic E-state index is -5.68. The summed E-state index contributed by atoms with van der Waals surface area (Å²) in [5.74, 6) is -10.4. The van der Waals surface area contributed by atoms with Crippen LogP contribution in [0.15, 0.2) is 23.3 Å². The molecule has 0 aliphatic carbocycles. The Morgan fingerprint density at radius 3 is 1.25 bits per heavy atom. The van der Waals surface area contributed by atoms with Crippen molar-refractivity contribution in [2.45, 2.75) is 26.9 Å². The van der Waals surface area contributed by atoms with Gasteiger partial charge in [0.1, 0.15) is 5.83 Å². The van der Waals surface area contributed by atoms with Crippen molar-refractivity contribution >= 4 is 0 Å². The third-order valence-corrected chi connectivity index (χ3v) is 1.49. The smallest absolute Gasteiger partial charge is 0.208 e. The van der Waals surface area contributed by atoms with E-state index in [2.05, 4.69) is 0 Å². The largest absolute Gasteiger partial charge is 0.446 e. The third-order valence-electron chi connectivity index (χ3n) is 1.49. The van der Waals surface area contributed by atoms with Gasteiger partial charge in [0, 0.05) is 5.41 Å². The highest BCUT2D eigenvalue weighted by Gasteiger charge is 2.40. The zero-order valence-electron chi connectivity index (χ0n) is 8.65. The van der Waals surface area contributed by atoms with Gasteiger partial charge in [-0.1, -0.05) is 20.8 Å². The summed E-state index contributed by atoms with van der Waals surface area (Å²) >= 11 is 0. The number of hydrogen-bond donors (Lipinski definition) is 0. The first-order valence-corrected chi connectivity index (χ1v) is 4.07. The van der Waals surface area contributed by atoms with E-state index in [-0.39, 0.29) is 0 Å². The van der Waals surface area contributed by atoms with Gasteiger partial charge >= 0.3 is 6.18 Å². The van der Waals surface area contributed by atoms with Gasteiger partial charge in [-0.25, -0.2) is 13.2 Å². The lowest BCUT2D eigenvalue weighted by Crippen LogP contribution is -2.12. The van der Waals surface area contributed by atoms with Gasteiger partial charge in [-0.15, -0.1) is 0 Å². The molecule has 0 N–H and O–H groups in total. The SMILES string of the molecule is CC(C)(C)/C(F)=C(F)/C(F)=C(\F)C(F)(F)F. The average Bonchev–Trinajstić information content (AvgIpc) is 2.10. The predicted octanol–water partition coefficient (Wildman–Crippen LogP) is 4.90. The standard InChI is InChI=1S/C9H9F7/c1-8(2,3)6(12)4(10)5(11)7(13)9(14,15)16/h1-3H3/b6-4+,7-5+. The second-order valence-corrected chi connectivity index (χ2v) is 4.00. The Balaban J connectivity index is 5.55. The third kappa shape index (κ3) is 3.53. The van der Waals surface area contributed by atoms with Crippen LogP contribution in [-0.2, 0) is 0 Å². The summed E-state index contributed by atoms with van der Waals surface area (Å²) in [6.45, 7) is 3.29. The van der Waals surface area contributed by atoms with E-state index in [1.54, 1.807) is 0 Å². The van der Waals surface area contributed by atoms with Crippen LogP contribution in [0.2, 0.25) is 0 Å². The van der Waals surface area contributed by atoms with Crippen molar-refractivity contribution in [3.63, 3.8) is 0 Å². The first-order valence-electron chi connectivity index (χ1n) is 4.07. The topological polar surface area (TPSA) is 0 Å². The van der Waals surface area contributed by atoms with Crippen molar-refractivity contribution in [2.24, 2.45) is 5.41 Å². The fraction of sp³-hybridized carbons (Fsp3) is 0.556. The van der Waals surface area contributed by atoms with Crippen LogP contribution in [0.1, 0.15) is 20.8 Å². The number of allylic oxidation sites excluding steroid dienone is 4. The minimum absolute atomic E-state index is 1.10.